The number of pyridine rings is 1. The molecule has 0 bridgehead atoms. The van der Waals surface area contributed by atoms with E-state index in [1.807, 2.05) is 6.07 Å². The van der Waals surface area contributed by atoms with Crippen molar-refractivity contribution in [3.8, 4) is 11.9 Å². The maximum absolute atomic E-state index is 9.09. The molecule has 1 aromatic rings. The Morgan fingerprint density at radius 1 is 1.47 bits per heavy atom. The van der Waals surface area contributed by atoms with E-state index in [1.54, 1.807) is 6.20 Å². The van der Waals surface area contributed by atoms with E-state index >= 15 is 0 Å². The third-order valence-corrected chi connectivity index (χ3v) is 2.65. The standard InChI is InChI=1S/C11H13N3O/c1-15-11-9(8-12)10(4-5-13-11)14-6-2-3-7-14/h4-5H,2-3,6-7H2,1H3. The van der Waals surface area contributed by atoms with Gasteiger partial charge < -0.3 is 9.64 Å². The van der Waals surface area contributed by atoms with Crippen molar-refractivity contribution in [3.63, 3.8) is 0 Å². The topological polar surface area (TPSA) is 49.1 Å². The molecule has 2 rings (SSSR count). The summed E-state index contributed by atoms with van der Waals surface area (Å²) in [5, 5.41) is 9.09. The molecule has 1 aliphatic heterocycles. The number of nitrogens with zero attached hydrogens (tertiary/aromatic N) is 3. The van der Waals surface area contributed by atoms with Gasteiger partial charge in [-0.25, -0.2) is 4.98 Å². The second-order valence-electron chi connectivity index (χ2n) is 3.52. The summed E-state index contributed by atoms with van der Waals surface area (Å²) in [6, 6.07) is 4.04. The Bertz CT molecular complexity index is 391. The Labute approximate surface area is 89.1 Å². The van der Waals surface area contributed by atoms with Gasteiger partial charge in [-0.15, -0.1) is 0 Å². The van der Waals surface area contributed by atoms with Gasteiger partial charge in [-0.2, -0.15) is 5.26 Å². The van der Waals surface area contributed by atoms with Gasteiger partial charge in [-0.3, -0.25) is 0 Å². The van der Waals surface area contributed by atoms with Crippen LogP contribution in [0.15, 0.2) is 12.3 Å². The van der Waals surface area contributed by atoms with Crippen LogP contribution in [0.3, 0.4) is 0 Å². The van der Waals surface area contributed by atoms with Gasteiger partial charge in [-0.1, -0.05) is 0 Å². The molecular formula is C11H13N3O. The molecule has 0 radical (unpaired) electrons. The van der Waals surface area contributed by atoms with Crippen LogP contribution in [0.1, 0.15) is 18.4 Å². The fourth-order valence-corrected chi connectivity index (χ4v) is 1.91. The average Bonchev–Trinajstić information content (AvgIpc) is 2.81. The van der Waals surface area contributed by atoms with E-state index in [0.29, 0.717) is 11.4 Å². The highest BCUT2D eigenvalue weighted by Crippen LogP contribution is 2.28. The first-order chi connectivity index (χ1) is 7.36. The van der Waals surface area contributed by atoms with Gasteiger partial charge in [-0.05, 0) is 18.9 Å². The number of nitriles is 1. The molecule has 2 heterocycles. The molecule has 4 nitrogen and oxygen atoms in total. The fourth-order valence-electron chi connectivity index (χ4n) is 1.91. The van der Waals surface area contributed by atoms with Crippen molar-refractivity contribution in [2.45, 2.75) is 12.8 Å². The molecule has 1 saturated heterocycles. The normalized spacial score (nSPS) is 15.1. The second-order valence-corrected chi connectivity index (χ2v) is 3.52. The highest BCUT2D eigenvalue weighted by Gasteiger charge is 2.18. The van der Waals surface area contributed by atoms with E-state index in [2.05, 4.69) is 16.0 Å². The number of rotatable bonds is 2. The molecule has 78 valence electrons. The summed E-state index contributed by atoms with van der Waals surface area (Å²) in [5.74, 6) is 0.418. The minimum absolute atomic E-state index is 0.418. The van der Waals surface area contributed by atoms with Crippen LogP contribution in [0, 0.1) is 11.3 Å². The van der Waals surface area contributed by atoms with Crippen LogP contribution in [0.4, 0.5) is 5.69 Å². The van der Waals surface area contributed by atoms with Crippen LogP contribution in [-0.4, -0.2) is 25.2 Å². The van der Waals surface area contributed by atoms with Crippen molar-refractivity contribution in [2.24, 2.45) is 0 Å². The third kappa shape index (κ3) is 1.73. The lowest BCUT2D eigenvalue weighted by Crippen LogP contribution is -2.19. The number of hydrogen-bond donors (Lipinski definition) is 0. The highest BCUT2D eigenvalue weighted by molar-refractivity contribution is 5.63. The van der Waals surface area contributed by atoms with Crippen LogP contribution in [0.2, 0.25) is 0 Å². The van der Waals surface area contributed by atoms with Gasteiger partial charge in [0.15, 0.2) is 0 Å². The molecule has 0 spiro atoms. The molecule has 0 amide bonds. The van der Waals surface area contributed by atoms with Crippen molar-refractivity contribution in [1.29, 1.82) is 5.26 Å². The molecule has 1 aliphatic rings. The van der Waals surface area contributed by atoms with E-state index in [0.717, 1.165) is 18.8 Å². The molecule has 0 unspecified atom stereocenters. The number of methoxy groups -OCH3 is 1. The van der Waals surface area contributed by atoms with E-state index in [9.17, 15) is 0 Å². The molecule has 0 aliphatic carbocycles. The molecule has 0 N–H and O–H groups in total. The summed E-state index contributed by atoms with van der Waals surface area (Å²) >= 11 is 0. The summed E-state index contributed by atoms with van der Waals surface area (Å²) in [6.45, 7) is 2.03. The second kappa shape index (κ2) is 4.18. The zero-order valence-electron chi connectivity index (χ0n) is 8.73. The Hall–Kier alpha value is -1.76. The maximum atomic E-state index is 9.09. The van der Waals surface area contributed by atoms with Gasteiger partial charge >= 0.3 is 0 Å². The Morgan fingerprint density at radius 2 is 2.20 bits per heavy atom. The average molecular weight is 203 g/mol. The number of hydrogen-bond acceptors (Lipinski definition) is 4. The Morgan fingerprint density at radius 3 is 2.80 bits per heavy atom. The molecule has 0 saturated carbocycles. The summed E-state index contributed by atoms with van der Waals surface area (Å²) in [7, 11) is 1.54. The summed E-state index contributed by atoms with van der Waals surface area (Å²) < 4.78 is 5.08. The van der Waals surface area contributed by atoms with Crippen molar-refractivity contribution in [3.05, 3.63) is 17.8 Å². The van der Waals surface area contributed by atoms with Crippen molar-refractivity contribution in [2.75, 3.05) is 25.1 Å². The molecular weight excluding hydrogens is 190 g/mol. The number of aromatic nitrogens is 1. The smallest absolute Gasteiger partial charge is 0.233 e. The molecule has 0 aromatic carbocycles. The first-order valence-corrected chi connectivity index (χ1v) is 5.05. The summed E-state index contributed by atoms with van der Waals surface area (Å²) in [5.41, 5.74) is 1.49. The van der Waals surface area contributed by atoms with Gasteiger partial charge in [0.05, 0.1) is 12.8 Å². The first kappa shape index (κ1) is 9.78. The monoisotopic (exact) mass is 203 g/mol. The summed E-state index contributed by atoms with van der Waals surface area (Å²) in [4.78, 5) is 6.24. The number of ether oxygens (including phenoxy) is 1. The SMILES string of the molecule is COc1nccc(N2CCCC2)c1C#N. The minimum Gasteiger partial charge on any atom is -0.480 e. The van der Waals surface area contributed by atoms with Crippen LogP contribution in [0.25, 0.3) is 0 Å². The van der Waals surface area contributed by atoms with Gasteiger partial charge in [0.25, 0.3) is 0 Å². The summed E-state index contributed by atoms with van der Waals surface area (Å²) in [6.07, 6.45) is 4.07. The largest absolute Gasteiger partial charge is 0.480 e. The van der Waals surface area contributed by atoms with Crippen LogP contribution >= 0.6 is 0 Å². The van der Waals surface area contributed by atoms with Crippen molar-refractivity contribution < 1.29 is 4.74 Å². The lowest BCUT2D eigenvalue weighted by Gasteiger charge is -2.19. The number of anilines is 1. The third-order valence-electron chi connectivity index (χ3n) is 2.65. The van der Waals surface area contributed by atoms with Crippen LogP contribution < -0.4 is 9.64 Å². The zero-order valence-corrected chi connectivity index (χ0v) is 8.73. The van der Waals surface area contributed by atoms with E-state index < -0.39 is 0 Å². The molecule has 1 aromatic heterocycles. The highest BCUT2D eigenvalue weighted by atomic mass is 16.5. The van der Waals surface area contributed by atoms with Gasteiger partial charge in [0.1, 0.15) is 11.6 Å². The predicted molar refractivity (Wildman–Crippen MR) is 57.0 cm³/mol. The fraction of sp³-hybridized carbons (Fsp3) is 0.455. The molecule has 1 fully saturated rings. The maximum Gasteiger partial charge on any atom is 0.233 e. The zero-order chi connectivity index (χ0) is 10.7. The lowest BCUT2D eigenvalue weighted by atomic mass is 10.2. The first-order valence-electron chi connectivity index (χ1n) is 5.05. The van der Waals surface area contributed by atoms with Gasteiger partial charge in [0, 0.05) is 19.3 Å². The van der Waals surface area contributed by atoms with Crippen molar-refractivity contribution in [1.82, 2.24) is 4.98 Å². The van der Waals surface area contributed by atoms with Crippen LogP contribution in [0.5, 0.6) is 5.88 Å². The van der Waals surface area contributed by atoms with E-state index in [-0.39, 0.29) is 0 Å². The van der Waals surface area contributed by atoms with Crippen LogP contribution in [-0.2, 0) is 0 Å². The Balaban J connectivity index is 2.42. The predicted octanol–water partition coefficient (Wildman–Crippen LogP) is 1.56. The van der Waals surface area contributed by atoms with Crippen molar-refractivity contribution >= 4 is 5.69 Å². The quantitative estimate of drug-likeness (QED) is 0.732. The molecule has 4 heteroatoms. The van der Waals surface area contributed by atoms with Gasteiger partial charge in [0.2, 0.25) is 5.88 Å². The Kier molecular flexibility index (Phi) is 2.72. The lowest BCUT2D eigenvalue weighted by molar-refractivity contribution is 0.396. The van der Waals surface area contributed by atoms with E-state index in [1.165, 1.54) is 20.0 Å². The molecule has 0 atom stereocenters. The minimum atomic E-state index is 0.418. The molecule has 15 heavy (non-hydrogen) atoms. The van der Waals surface area contributed by atoms with E-state index in [4.69, 9.17) is 10.00 Å².